The first-order chi connectivity index (χ1) is 15.5. The van der Waals surface area contributed by atoms with Crippen molar-refractivity contribution in [3.05, 3.63) is 40.4 Å². The molecule has 2 aliphatic rings. The van der Waals surface area contributed by atoms with Gasteiger partial charge in [-0.3, -0.25) is 25.2 Å². The minimum absolute atomic E-state index is 0.0989. The Labute approximate surface area is 190 Å². The van der Waals surface area contributed by atoms with Gasteiger partial charge in [0.2, 0.25) is 11.8 Å². The second-order valence-electron chi connectivity index (χ2n) is 7.88. The Balaban J connectivity index is 1.34. The van der Waals surface area contributed by atoms with E-state index < -0.39 is 11.8 Å². The molecule has 0 aliphatic carbocycles. The molecule has 1 atom stereocenters. The third-order valence-electron chi connectivity index (χ3n) is 5.70. The van der Waals surface area contributed by atoms with Gasteiger partial charge in [0.15, 0.2) is 5.13 Å². The molecule has 3 amide bonds. The van der Waals surface area contributed by atoms with E-state index in [1.807, 2.05) is 24.3 Å². The van der Waals surface area contributed by atoms with E-state index in [9.17, 15) is 14.4 Å². The first-order valence-electron chi connectivity index (χ1n) is 10.8. The van der Waals surface area contributed by atoms with Gasteiger partial charge in [0.1, 0.15) is 4.88 Å². The van der Waals surface area contributed by atoms with Crippen LogP contribution < -0.4 is 20.7 Å². The van der Waals surface area contributed by atoms with Crippen LogP contribution in [0.5, 0.6) is 0 Å². The van der Waals surface area contributed by atoms with Gasteiger partial charge in [0, 0.05) is 31.7 Å². The van der Waals surface area contributed by atoms with Gasteiger partial charge in [-0.2, -0.15) is 0 Å². The molecule has 2 fully saturated rings. The fourth-order valence-electron chi connectivity index (χ4n) is 3.84. The summed E-state index contributed by atoms with van der Waals surface area (Å²) in [5.41, 5.74) is 7.50. The van der Waals surface area contributed by atoms with Crippen molar-refractivity contribution in [3.8, 4) is 0 Å². The number of morpholine rings is 1. The predicted molar refractivity (Wildman–Crippen MR) is 122 cm³/mol. The summed E-state index contributed by atoms with van der Waals surface area (Å²) in [4.78, 5) is 46.4. The van der Waals surface area contributed by atoms with Crippen molar-refractivity contribution in [2.45, 2.75) is 26.7 Å². The zero-order valence-corrected chi connectivity index (χ0v) is 19.0. The number of rotatable bonds is 5. The Bertz CT molecular complexity index is 1020. The number of nitrogens with one attached hydrogen (secondary N) is 2. The fourth-order valence-corrected chi connectivity index (χ4v) is 4.85. The number of amides is 3. The number of carbonyl (C=O) groups is 3. The second kappa shape index (κ2) is 9.66. The Morgan fingerprint density at radius 1 is 1.25 bits per heavy atom. The predicted octanol–water partition coefficient (Wildman–Crippen LogP) is 1.66. The summed E-state index contributed by atoms with van der Waals surface area (Å²) in [5, 5.41) is 0.772. The van der Waals surface area contributed by atoms with Crippen LogP contribution in [0.4, 0.5) is 10.8 Å². The summed E-state index contributed by atoms with van der Waals surface area (Å²) in [5.74, 6) is -1.42. The maximum atomic E-state index is 12.6. The molecule has 4 rings (SSSR count). The van der Waals surface area contributed by atoms with Gasteiger partial charge in [-0.25, -0.2) is 4.98 Å². The van der Waals surface area contributed by atoms with E-state index in [1.165, 1.54) is 11.3 Å². The first-order valence-corrected chi connectivity index (χ1v) is 11.6. The van der Waals surface area contributed by atoms with Crippen LogP contribution in [0.3, 0.4) is 0 Å². The molecule has 0 bridgehead atoms. The summed E-state index contributed by atoms with van der Waals surface area (Å²) in [6.45, 7) is 6.85. The van der Waals surface area contributed by atoms with Crippen LogP contribution >= 0.6 is 11.3 Å². The molecule has 1 aromatic heterocycles. The van der Waals surface area contributed by atoms with Crippen molar-refractivity contribution in [3.63, 3.8) is 0 Å². The molecule has 1 unspecified atom stereocenters. The fraction of sp³-hybridized carbons (Fsp3) is 0.455. The second-order valence-corrected chi connectivity index (χ2v) is 8.86. The number of hydrogen-bond acceptors (Lipinski definition) is 7. The standard InChI is InChI=1S/C22H27N5O4S/c1-3-15-5-4-6-17(11-15)27-13-16(12-18(27)28)20(29)24-25-21(30)19-14(2)23-22(32-19)26-7-9-31-10-8-26/h4-6,11,16H,3,7-10,12-13H2,1-2H3,(H,24,29)(H,25,30). The summed E-state index contributed by atoms with van der Waals surface area (Å²) in [6, 6.07) is 7.77. The van der Waals surface area contributed by atoms with E-state index in [1.54, 1.807) is 11.8 Å². The van der Waals surface area contributed by atoms with E-state index in [0.29, 0.717) is 23.8 Å². The van der Waals surface area contributed by atoms with E-state index in [0.717, 1.165) is 35.9 Å². The lowest BCUT2D eigenvalue weighted by atomic mass is 10.1. The molecule has 0 saturated carbocycles. The molecular formula is C22H27N5O4S. The number of ether oxygens (including phenoxy) is 1. The number of thiazole rings is 1. The zero-order valence-electron chi connectivity index (χ0n) is 18.2. The number of hydrazine groups is 1. The van der Waals surface area contributed by atoms with Crippen molar-refractivity contribution in [1.82, 2.24) is 15.8 Å². The van der Waals surface area contributed by atoms with E-state index in [2.05, 4.69) is 27.7 Å². The number of anilines is 2. The largest absolute Gasteiger partial charge is 0.378 e. The van der Waals surface area contributed by atoms with Crippen LogP contribution in [0, 0.1) is 12.8 Å². The molecule has 1 aromatic carbocycles. The number of aromatic nitrogens is 1. The van der Waals surface area contributed by atoms with Gasteiger partial charge in [-0.1, -0.05) is 30.4 Å². The molecule has 2 aliphatic heterocycles. The number of nitrogens with zero attached hydrogens (tertiary/aromatic N) is 3. The molecule has 10 heteroatoms. The van der Waals surface area contributed by atoms with Gasteiger partial charge in [-0.05, 0) is 31.0 Å². The Morgan fingerprint density at radius 3 is 2.78 bits per heavy atom. The molecule has 170 valence electrons. The van der Waals surface area contributed by atoms with Crippen molar-refractivity contribution in [1.29, 1.82) is 0 Å². The maximum absolute atomic E-state index is 12.6. The highest BCUT2D eigenvalue weighted by atomic mass is 32.1. The normalized spacial score (nSPS) is 18.7. The molecule has 32 heavy (non-hydrogen) atoms. The smallest absolute Gasteiger partial charge is 0.281 e. The number of benzene rings is 1. The summed E-state index contributed by atoms with van der Waals surface area (Å²) in [7, 11) is 0. The van der Waals surface area contributed by atoms with Gasteiger partial charge in [-0.15, -0.1) is 0 Å². The van der Waals surface area contributed by atoms with Gasteiger partial charge >= 0.3 is 0 Å². The van der Waals surface area contributed by atoms with Crippen molar-refractivity contribution in [2.75, 3.05) is 42.6 Å². The van der Waals surface area contributed by atoms with Crippen LogP contribution in [0.1, 0.15) is 34.3 Å². The highest BCUT2D eigenvalue weighted by Crippen LogP contribution is 2.27. The van der Waals surface area contributed by atoms with Crippen molar-refractivity contribution >= 4 is 39.9 Å². The Hall–Kier alpha value is -2.98. The molecule has 9 nitrogen and oxygen atoms in total. The number of aryl methyl sites for hydroxylation is 2. The topological polar surface area (TPSA) is 104 Å². The van der Waals surface area contributed by atoms with Crippen LogP contribution in [-0.4, -0.2) is 55.6 Å². The molecular weight excluding hydrogens is 430 g/mol. The third kappa shape index (κ3) is 4.76. The van der Waals surface area contributed by atoms with E-state index in [-0.39, 0.29) is 24.8 Å². The molecule has 2 N–H and O–H groups in total. The molecule has 0 spiro atoms. The van der Waals surface area contributed by atoms with Crippen molar-refractivity contribution in [2.24, 2.45) is 5.92 Å². The van der Waals surface area contributed by atoms with Crippen LogP contribution in [0.2, 0.25) is 0 Å². The summed E-state index contributed by atoms with van der Waals surface area (Å²) < 4.78 is 5.36. The lowest BCUT2D eigenvalue weighted by Crippen LogP contribution is -2.45. The first kappa shape index (κ1) is 22.2. The Kier molecular flexibility index (Phi) is 6.71. The third-order valence-corrected chi connectivity index (χ3v) is 6.92. The van der Waals surface area contributed by atoms with Crippen LogP contribution in [0.15, 0.2) is 24.3 Å². The highest BCUT2D eigenvalue weighted by Gasteiger charge is 2.35. The van der Waals surface area contributed by atoms with Crippen molar-refractivity contribution < 1.29 is 19.1 Å². The van der Waals surface area contributed by atoms with Crippen LogP contribution in [0.25, 0.3) is 0 Å². The molecule has 0 radical (unpaired) electrons. The minimum atomic E-state index is -0.528. The quantitative estimate of drug-likeness (QED) is 0.662. The highest BCUT2D eigenvalue weighted by molar-refractivity contribution is 7.17. The SMILES string of the molecule is CCc1cccc(N2CC(C(=O)NNC(=O)c3sc(N4CCOCC4)nc3C)CC2=O)c1. The monoisotopic (exact) mass is 457 g/mol. The minimum Gasteiger partial charge on any atom is -0.378 e. The number of hydrogen-bond donors (Lipinski definition) is 2. The molecule has 3 heterocycles. The van der Waals surface area contributed by atoms with Crippen LogP contribution in [-0.2, 0) is 20.7 Å². The molecule has 2 aromatic rings. The lowest BCUT2D eigenvalue weighted by Gasteiger charge is -2.25. The lowest BCUT2D eigenvalue weighted by molar-refractivity contribution is -0.126. The van der Waals surface area contributed by atoms with Gasteiger partial charge in [0.25, 0.3) is 5.91 Å². The average molecular weight is 458 g/mol. The zero-order chi connectivity index (χ0) is 22.7. The van der Waals surface area contributed by atoms with E-state index in [4.69, 9.17) is 4.74 Å². The Morgan fingerprint density at radius 2 is 2.03 bits per heavy atom. The van der Waals surface area contributed by atoms with Gasteiger partial charge < -0.3 is 14.5 Å². The number of carbonyl (C=O) groups excluding carboxylic acids is 3. The van der Waals surface area contributed by atoms with Gasteiger partial charge in [0.05, 0.1) is 24.8 Å². The maximum Gasteiger partial charge on any atom is 0.281 e. The summed E-state index contributed by atoms with van der Waals surface area (Å²) >= 11 is 1.29. The molecule has 2 saturated heterocycles. The summed E-state index contributed by atoms with van der Waals surface area (Å²) in [6.07, 6.45) is 0.981. The average Bonchev–Trinajstić information content (AvgIpc) is 3.40. The van der Waals surface area contributed by atoms with E-state index >= 15 is 0 Å².